The van der Waals surface area contributed by atoms with Gasteiger partial charge < -0.3 is 0 Å². The van der Waals surface area contributed by atoms with Crippen molar-refractivity contribution in [2.75, 3.05) is 0 Å². The van der Waals surface area contributed by atoms with Crippen LogP contribution in [0.25, 0.3) is 0 Å². The largest absolute Gasteiger partial charge is 0.123 e. The summed E-state index contributed by atoms with van der Waals surface area (Å²) in [5.41, 5.74) is 0. The van der Waals surface area contributed by atoms with E-state index < -0.39 is 0 Å². The highest BCUT2D eigenvalue weighted by atomic mass is 35.5. The Morgan fingerprint density at radius 1 is 0.933 bits per heavy atom. The molecule has 15 heavy (non-hydrogen) atoms. The smallest absolute Gasteiger partial charge is 0.0307 e. The summed E-state index contributed by atoms with van der Waals surface area (Å²) in [5.74, 6) is 0.853. The van der Waals surface area contributed by atoms with E-state index in [1.165, 1.54) is 12.8 Å². The zero-order valence-electron chi connectivity index (χ0n) is 12.1. The molecule has 2 atom stereocenters. The molecule has 0 aliphatic carbocycles. The van der Waals surface area contributed by atoms with Crippen molar-refractivity contribution in [3.8, 4) is 0 Å². The van der Waals surface area contributed by atoms with Crippen LogP contribution in [0, 0.1) is 5.92 Å². The Morgan fingerprint density at radius 2 is 1.27 bits per heavy atom. The fourth-order valence-corrected chi connectivity index (χ4v) is 0.844. The first-order valence-electron chi connectivity index (χ1n) is 6.30. The lowest BCUT2D eigenvalue weighted by molar-refractivity contribution is 0.494. The third-order valence-electron chi connectivity index (χ3n) is 1.75. The van der Waals surface area contributed by atoms with Crippen LogP contribution >= 0.6 is 11.6 Å². The van der Waals surface area contributed by atoms with Crippen LogP contribution in [0.4, 0.5) is 0 Å². The maximum atomic E-state index is 5.78. The monoisotopic (exact) mass is 236 g/mol. The predicted molar refractivity (Wildman–Crippen MR) is 78.0 cm³/mol. The first kappa shape index (κ1) is 24.3. The minimum atomic E-state index is 0.360. The van der Waals surface area contributed by atoms with Crippen LogP contribution in [0.15, 0.2) is 13.2 Å². The summed E-state index contributed by atoms with van der Waals surface area (Å²) in [7, 11) is 0. The molecule has 0 heterocycles. The molecular weight excluding hydrogens is 204 g/mol. The van der Waals surface area contributed by atoms with Crippen molar-refractivity contribution < 1.29 is 0 Å². The summed E-state index contributed by atoms with van der Waals surface area (Å²) < 4.78 is 0. The van der Waals surface area contributed by atoms with Gasteiger partial charge >= 0.3 is 0 Å². The molecule has 0 fully saturated rings. The summed E-state index contributed by atoms with van der Waals surface area (Å²) in [6.07, 6.45) is 3.72. The highest BCUT2D eigenvalue weighted by Gasteiger charge is 2.00. The highest BCUT2D eigenvalue weighted by molar-refractivity contribution is 6.20. The summed E-state index contributed by atoms with van der Waals surface area (Å²) >= 11 is 5.78. The van der Waals surface area contributed by atoms with Crippen LogP contribution in [0.3, 0.4) is 0 Å². The van der Waals surface area contributed by atoms with Crippen molar-refractivity contribution in [3.63, 3.8) is 0 Å². The van der Waals surface area contributed by atoms with Gasteiger partial charge in [-0.15, -0.1) is 24.8 Å². The molecule has 0 N–H and O–H groups in total. The molecule has 1 heteroatoms. The summed E-state index contributed by atoms with van der Waals surface area (Å²) in [4.78, 5) is 0. The first-order chi connectivity index (χ1) is 7.16. The second kappa shape index (κ2) is 29.2. The van der Waals surface area contributed by atoms with Gasteiger partial charge in [-0.05, 0) is 25.7 Å². The van der Waals surface area contributed by atoms with Crippen molar-refractivity contribution in [3.05, 3.63) is 13.2 Å². The molecular formula is C14H33Cl. The van der Waals surface area contributed by atoms with E-state index in [2.05, 4.69) is 33.9 Å². The fourth-order valence-electron chi connectivity index (χ4n) is 0.718. The van der Waals surface area contributed by atoms with E-state index in [4.69, 9.17) is 11.6 Å². The average molecular weight is 237 g/mol. The summed E-state index contributed by atoms with van der Waals surface area (Å²) in [6.45, 7) is 20.6. The Morgan fingerprint density at radius 3 is 1.47 bits per heavy atom. The molecule has 96 valence electrons. The van der Waals surface area contributed by atoms with Gasteiger partial charge in [0.15, 0.2) is 0 Å². The molecule has 0 radical (unpaired) electrons. The van der Waals surface area contributed by atoms with Crippen LogP contribution in [0.2, 0.25) is 0 Å². The molecule has 0 saturated carbocycles. The SMILES string of the molecule is C=C.CC.CC.CCC(C)CCC(C)Cl. The van der Waals surface area contributed by atoms with Crippen LogP contribution < -0.4 is 0 Å². The number of halogens is 1. The molecule has 0 spiro atoms. The Balaban J connectivity index is -0.0000000860. The summed E-state index contributed by atoms with van der Waals surface area (Å²) in [6, 6.07) is 0. The van der Waals surface area contributed by atoms with Crippen molar-refractivity contribution in [2.24, 2.45) is 5.92 Å². The Kier molecular flexibility index (Phi) is 47.4. The minimum Gasteiger partial charge on any atom is -0.123 e. The lowest BCUT2D eigenvalue weighted by Crippen LogP contribution is -1.97. The van der Waals surface area contributed by atoms with Gasteiger partial charge in [0.1, 0.15) is 0 Å². The van der Waals surface area contributed by atoms with Gasteiger partial charge in [0, 0.05) is 5.38 Å². The van der Waals surface area contributed by atoms with E-state index in [-0.39, 0.29) is 0 Å². The molecule has 0 nitrogen and oxygen atoms in total. The molecule has 0 aromatic rings. The Bertz CT molecular complexity index is 69.7. The molecule has 0 rings (SSSR count). The lowest BCUT2D eigenvalue weighted by Gasteiger charge is -2.07. The van der Waals surface area contributed by atoms with Gasteiger partial charge in [-0.2, -0.15) is 0 Å². The molecule has 0 bridgehead atoms. The van der Waals surface area contributed by atoms with Crippen LogP contribution in [0.5, 0.6) is 0 Å². The van der Waals surface area contributed by atoms with Gasteiger partial charge in [-0.1, -0.05) is 48.0 Å². The van der Waals surface area contributed by atoms with E-state index in [0.29, 0.717) is 5.38 Å². The van der Waals surface area contributed by atoms with Crippen LogP contribution in [-0.2, 0) is 0 Å². The molecule has 0 aliphatic rings. The van der Waals surface area contributed by atoms with Gasteiger partial charge in [0.2, 0.25) is 0 Å². The van der Waals surface area contributed by atoms with Crippen LogP contribution in [0.1, 0.15) is 67.7 Å². The lowest BCUT2D eigenvalue weighted by atomic mass is 10.0. The van der Waals surface area contributed by atoms with Crippen LogP contribution in [-0.4, -0.2) is 5.38 Å². The number of rotatable bonds is 4. The molecule has 0 saturated heterocycles. The summed E-state index contributed by atoms with van der Waals surface area (Å²) in [5, 5.41) is 0.360. The highest BCUT2D eigenvalue weighted by Crippen LogP contribution is 2.13. The Hall–Kier alpha value is 0.0300. The second-order valence-corrected chi connectivity index (χ2v) is 3.62. The zero-order chi connectivity index (χ0) is 13.3. The molecule has 0 aliphatic heterocycles. The van der Waals surface area contributed by atoms with Gasteiger partial charge in [-0.3, -0.25) is 0 Å². The normalized spacial score (nSPS) is 11.5. The third-order valence-corrected chi connectivity index (χ3v) is 1.97. The zero-order valence-corrected chi connectivity index (χ0v) is 12.8. The average Bonchev–Trinajstić information content (AvgIpc) is 2.33. The maximum Gasteiger partial charge on any atom is 0.0307 e. The number of hydrogen-bond acceptors (Lipinski definition) is 0. The molecule has 0 amide bonds. The van der Waals surface area contributed by atoms with E-state index in [1.807, 2.05) is 27.7 Å². The molecule has 0 aromatic carbocycles. The predicted octanol–water partition coefficient (Wildman–Crippen LogP) is 6.29. The second-order valence-electron chi connectivity index (χ2n) is 2.87. The van der Waals surface area contributed by atoms with E-state index >= 15 is 0 Å². The van der Waals surface area contributed by atoms with Crippen molar-refractivity contribution in [1.29, 1.82) is 0 Å². The van der Waals surface area contributed by atoms with Crippen molar-refractivity contribution in [1.82, 2.24) is 0 Å². The quantitative estimate of drug-likeness (QED) is 0.397. The third kappa shape index (κ3) is 41.1. The van der Waals surface area contributed by atoms with E-state index in [1.54, 1.807) is 0 Å². The van der Waals surface area contributed by atoms with Gasteiger partial charge in [0.05, 0.1) is 0 Å². The Labute approximate surface area is 104 Å². The molecule has 0 aromatic heterocycles. The fraction of sp³-hybridized carbons (Fsp3) is 0.857. The molecule has 2 unspecified atom stereocenters. The topological polar surface area (TPSA) is 0 Å². The standard InChI is InChI=1S/C8H17Cl.2C2H6.C2H4/c1-4-7(2)5-6-8(3)9;3*1-2/h7-8H,4-6H2,1-3H3;2*1-2H3;1-2H2. The van der Waals surface area contributed by atoms with Gasteiger partial charge in [-0.25, -0.2) is 0 Å². The van der Waals surface area contributed by atoms with E-state index in [0.717, 1.165) is 12.3 Å². The van der Waals surface area contributed by atoms with Crippen molar-refractivity contribution in [2.45, 2.75) is 73.1 Å². The van der Waals surface area contributed by atoms with E-state index in [9.17, 15) is 0 Å². The number of hydrogen-bond donors (Lipinski definition) is 0. The minimum absolute atomic E-state index is 0.360. The van der Waals surface area contributed by atoms with Crippen molar-refractivity contribution >= 4 is 11.6 Å². The van der Waals surface area contributed by atoms with Gasteiger partial charge in [0.25, 0.3) is 0 Å². The number of alkyl halides is 1. The maximum absolute atomic E-state index is 5.78. The first-order valence-corrected chi connectivity index (χ1v) is 6.74.